The summed E-state index contributed by atoms with van der Waals surface area (Å²) in [5.74, 6) is -1.27. The molecule has 2 amide bonds. The summed E-state index contributed by atoms with van der Waals surface area (Å²) in [4.78, 5) is 33.5. The van der Waals surface area contributed by atoms with Crippen molar-refractivity contribution in [3.63, 3.8) is 0 Å². The first kappa shape index (κ1) is 17.2. The lowest BCUT2D eigenvalue weighted by Gasteiger charge is -2.08. The molecule has 7 nitrogen and oxygen atoms in total. The van der Waals surface area contributed by atoms with Gasteiger partial charge in [0.1, 0.15) is 12.4 Å². The number of amides is 2. The maximum atomic E-state index is 11.8. The molecule has 1 rings (SSSR count). The van der Waals surface area contributed by atoms with Crippen LogP contribution in [0.25, 0.3) is 0 Å². The Morgan fingerprint density at radius 1 is 1.14 bits per heavy atom. The highest BCUT2D eigenvalue weighted by atomic mass is 16.5. The van der Waals surface area contributed by atoms with Gasteiger partial charge in [0.2, 0.25) is 5.91 Å². The van der Waals surface area contributed by atoms with E-state index in [1.54, 1.807) is 30.3 Å². The largest absolute Gasteiger partial charge is 0.490 e. The van der Waals surface area contributed by atoms with Gasteiger partial charge in [-0.25, -0.2) is 0 Å². The maximum absolute atomic E-state index is 11.8. The molecule has 22 heavy (non-hydrogen) atoms. The third kappa shape index (κ3) is 6.56. The molecule has 1 aromatic carbocycles. The second-order valence-corrected chi connectivity index (χ2v) is 4.37. The van der Waals surface area contributed by atoms with E-state index in [0.717, 1.165) is 0 Å². The average molecular weight is 306 g/mol. The van der Waals surface area contributed by atoms with Gasteiger partial charge in [-0.2, -0.15) is 0 Å². The van der Waals surface area contributed by atoms with Gasteiger partial charge in [0, 0.05) is 18.4 Å². The van der Waals surface area contributed by atoms with Crippen molar-refractivity contribution in [2.24, 2.45) is 0 Å². The molecule has 0 fully saturated rings. The first-order valence-electron chi connectivity index (χ1n) is 6.67. The molecular formula is C15H18N2O5. The number of hydrazine groups is 1. The SMILES string of the molecule is C=CCOc1ccc(C(=O)NNC(=O)CCCC(=O)O)cc1. The van der Waals surface area contributed by atoms with Crippen LogP contribution in [0, 0.1) is 0 Å². The smallest absolute Gasteiger partial charge is 0.303 e. The Labute approximate surface area is 127 Å². The molecule has 1 aromatic rings. The summed E-state index contributed by atoms with van der Waals surface area (Å²) in [7, 11) is 0. The van der Waals surface area contributed by atoms with Crippen LogP contribution < -0.4 is 15.6 Å². The van der Waals surface area contributed by atoms with Gasteiger partial charge in [0.25, 0.3) is 5.91 Å². The van der Waals surface area contributed by atoms with E-state index in [0.29, 0.717) is 17.9 Å². The van der Waals surface area contributed by atoms with E-state index in [2.05, 4.69) is 17.4 Å². The summed E-state index contributed by atoms with van der Waals surface area (Å²) in [5, 5.41) is 8.45. The van der Waals surface area contributed by atoms with Gasteiger partial charge in [0.15, 0.2) is 0 Å². The van der Waals surface area contributed by atoms with Gasteiger partial charge in [-0.1, -0.05) is 12.7 Å². The fourth-order valence-electron chi connectivity index (χ4n) is 1.52. The highest BCUT2D eigenvalue weighted by Gasteiger charge is 2.08. The van der Waals surface area contributed by atoms with Crippen molar-refractivity contribution in [1.29, 1.82) is 0 Å². The lowest BCUT2D eigenvalue weighted by Crippen LogP contribution is -2.41. The van der Waals surface area contributed by atoms with E-state index >= 15 is 0 Å². The molecule has 0 unspecified atom stereocenters. The molecule has 0 saturated heterocycles. The summed E-state index contributed by atoms with van der Waals surface area (Å²) >= 11 is 0. The second-order valence-electron chi connectivity index (χ2n) is 4.37. The zero-order valence-corrected chi connectivity index (χ0v) is 12.0. The third-order valence-corrected chi connectivity index (χ3v) is 2.59. The normalized spacial score (nSPS) is 9.64. The molecule has 0 spiro atoms. The summed E-state index contributed by atoms with van der Waals surface area (Å²) in [6, 6.07) is 6.38. The minimum atomic E-state index is -0.962. The summed E-state index contributed by atoms with van der Waals surface area (Å²) in [6.45, 7) is 3.90. The van der Waals surface area contributed by atoms with E-state index in [1.807, 2.05) is 0 Å². The number of carboxylic acid groups (broad SMARTS) is 1. The van der Waals surface area contributed by atoms with Gasteiger partial charge >= 0.3 is 5.97 Å². The molecule has 0 bridgehead atoms. The Bertz CT molecular complexity index is 539. The molecule has 0 saturated carbocycles. The van der Waals surface area contributed by atoms with Crippen LogP contribution in [0.1, 0.15) is 29.6 Å². The summed E-state index contributed by atoms with van der Waals surface area (Å²) < 4.78 is 5.28. The zero-order chi connectivity index (χ0) is 16.4. The molecule has 0 aliphatic carbocycles. The number of hydrogen-bond donors (Lipinski definition) is 3. The van der Waals surface area contributed by atoms with Crippen LogP contribution in [0.3, 0.4) is 0 Å². The van der Waals surface area contributed by atoms with Crippen LogP contribution in [0.5, 0.6) is 5.75 Å². The number of aliphatic carboxylic acids is 1. The molecule has 0 aliphatic rings. The Morgan fingerprint density at radius 2 is 1.82 bits per heavy atom. The number of carboxylic acids is 1. The molecule has 118 valence electrons. The quantitative estimate of drug-likeness (QED) is 0.495. The first-order chi connectivity index (χ1) is 10.5. The van der Waals surface area contributed by atoms with E-state index in [-0.39, 0.29) is 19.3 Å². The lowest BCUT2D eigenvalue weighted by atomic mass is 10.2. The summed E-state index contributed by atoms with van der Waals surface area (Å²) in [6.07, 6.45) is 1.77. The van der Waals surface area contributed by atoms with Gasteiger partial charge in [-0.05, 0) is 30.7 Å². The van der Waals surface area contributed by atoms with Crippen LogP contribution in [0.15, 0.2) is 36.9 Å². The van der Waals surface area contributed by atoms with Crippen molar-refractivity contribution in [1.82, 2.24) is 10.9 Å². The molecule has 0 aliphatic heterocycles. The van der Waals surface area contributed by atoms with Crippen LogP contribution in [0.4, 0.5) is 0 Å². The molecule has 0 heterocycles. The van der Waals surface area contributed by atoms with Crippen LogP contribution >= 0.6 is 0 Å². The van der Waals surface area contributed by atoms with Crippen molar-refractivity contribution in [2.75, 3.05) is 6.61 Å². The Balaban J connectivity index is 2.36. The number of ether oxygens (including phenoxy) is 1. The van der Waals surface area contributed by atoms with Crippen molar-refractivity contribution in [3.05, 3.63) is 42.5 Å². The predicted molar refractivity (Wildman–Crippen MR) is 79.2 cm³/mol. The van der Waals surface area contributed by atoms with Crippen molar-refractivity contribution < 1.29 is 24.2 Å². The van der Waals surface area contributed by atoms with Crippen molar-refractivity contribution in [2.45, 2.75) is 19.3 Å². The number of carbonyl (C=O) groups is 3. The van der Waals surface area contributed by atoms with Gasteiger partial charge in [0.05, 0.1) is 0 Å². The predicted octanol–water partition coefficient (Wildman–Crippen LogP) is 1.27. The fraction of sp³-hybridized carbons (Fsp3) is 0.267. The zero-order valence-electron chi connectivity index (χ0n) is 12.0. The van der Waals surface area contributed by atoms with E-state index in [4.69, 9.17) is 9.84 Å². The monoisotopic (exact) mass is 306 g/mol. The topological polar surface area (TPSA) is 105 Å². The minimum absolute atomic E-state index is 0.0287. The molecule has 0 aromatic heterocycles. The molecule has 3 N–H and O–H groups in total. The lowest BCUT2D eigenvalue weighted by molar-refractivity contribution is -0.137. The fourth-order valence-corrected chi connectivity index (χ4v) is 1.52. The first-order valence-corrected chi connectivity index (χ1v) is 6.67. The Hall–Kier alpha value is -2.83. The number of benzene rings is 1. The molecular weight excluding hydrogens is 288 g/mol. The number of nitrogens with one attached hydrogen (secondary N) is 2. The number of hydrogen-bond acceptors (Lipinski definition) is 4. The third-order valence-electron chi connectivity index (χ3n) is 2.59. The van der Waals surface area contributed by atoms with Crippen molar-refractivity contribution >= 4 is 17.8 Å². The van der Waals surface area contributed by atoms with Crippen LogP contribution in [0.2, 0.25) is 0 Å². The molecule has 0 radical (unpaired) electrons. The Kier molecular flexibility index (Phi) is 7.18. The highest BCUT2D eigenvalue weighted by molar-refractivity contribution is 5.95. The number of carbonyl (C=O) groups excluding carboxylic acids is 2. The molecule has 0 atom stereocenters. The standard InChI is InChI=1S/C15H18N2O5/c1-2-10-22-12-8-6-11(7-9-12)15(21)17-16-13(18)4-3-5-14(19)20/h2,6-9H,1,3-5,10H2,(H,16,18)(H,17,21)(H,19,20). The Morgan fingerprint density at radius 3 is 2.41 bits per heavy atom. The van der Waals surface area contributed by atoms with Crippen LogP contribution in [-0.4, -0.2) is 29.5 Å². The van der Waals surface area contributed by atoms with Gasteiger partial charge in [-0.15, -0.1) is 0 Å². The average Bonchev–Trinajstić information content (AvgIpc) is 2.50. The van der Waals surface area contributed by atoms with E-state index in [1.165, 1.54) is 0 Å². The maximum Gasteiger partial charge on any atom is 0.303 e. The summed E-state index contributed by atoms with van der Waals surface area (Å²) in [5.41, 5.74) is 4.84. The van der Waals surface area contributed by atoms with E-state index in [9.17, 15) is 14.4 Å². The second kappa shape index (κ2) is 9.17. The highest BCUT2D eigenvalue weighted by Crippen LogP contribution is 2.11. The van der Waals surface area contributed by atoms with Gasteiger partial charge < -0.3 is 9.84 Å². The van der Waals surface area contributed by atoms with Crippen LogP contribution in [-0.2, 0) is 9.59 Å². The minimum Gasteiger partial charge on any atom is -0.490 e. The molecule has 7 heteroatoms. The number of rotatable bonds is 8. The van der Waals surface area contributed by atoms with E-state index < -0.39 is 17.8 Å². The van der Waals surface area contributed by atoms with Crippen molar-refractivity contribution in [3.8, 4) is 5.75 Å². The van der Waals surface area contributed by atoms with Gasteiger partial charge in [-0.3, -0.25) is 25.2 Å².